The van der Waals surface area contributed by atoms with E-state index in [4.69, 9.17) is 11.6 Å². The molecule has 1 aromatic carbocycles. The molecule has 1 N–H and O–H groups in total. The monoisotopic (exact) mass is 294 g/mol. The first-order chi connectivity index (χ1) is 9.51. The number of nitrogens with zero attached hydrogens (tertiary/aromatic N) is 1. The van der Waals surface area contributed by atoms with Crippen LogP contribution in [0.5, 0.6) is 0 Å². The number of nitrogens with one attached hydrogen (secondary N) is 1. The van der Waals surface area contributed by atoms with E-state index in [1.807, 2.05) is 32.0 Å². The molecule has 0 aromatic heterocycles. The molecular weight excluding hydrogens is 276 g/mol. The summed E-state index contributed by atoms with van der Waals surface area (Å²) in [5.41, 5.74) is 1.98. The number of aryl methyl sites for hydroxylation is 1. The average Bonchev–Trinajstić information content (AvgIpc) is 2.79. The fourth-order valence-corrected chi connectivity index (χ4v) is 2.68. The van der Waals surface area contributed by atoms with E-state index in [9.17, 15) is 9.59 Å². The van der Waals surface area contributed by atoms with Gasteiger partial charge in [-0.1, -0.05) is 23.7 Å². The van der Waals surface area contributed by atoms with Gasteiger partial charge in [0.25, 0.3) is 0 Å². The lowest BCUT2D eigenvalue weighted by Gasteiger charge is -2.14. The van der Waals surface area contributed by atoms with Gasteiger partial charge in [-0.15, -0.1) is 0 Å². The van der Waals surface area contributed by atoms with Crippen molar-refractivity contribution in [3.05, 3.63) is 34.3 Å². The molecule has 1 fully saturated rings. The molecule has 0 saturated carbocycles. The summed E-state index contributed by atoms with van der Waals surface area (Å²) in [7, 11) is 0. The van der Waals surface area contributed by atoms with Crippen LogP contribution < -0.4 is 5.32 Å². The maximum atomic E-state index is 12.1. The fourth-order valence-electron chi connectivity index (χ4n) is 2.38. The number of rotatable bonds is 4. The molecule has 2 amide bonds. The lowest BCUT2D eigenvalue weighted by atomic mass is 10.1. The minimum absolute atomic E-state index is 0.0565. The Labute approximate surface area is 124 Å². The van der Waals surface area contributed by atoms with Crippen molar-refractivity contribution in [2.24, 2.45) is 5.92 Å². The van der Waals surface area contributed by atoms with Crippen LogP contribution in [0.15, 0.2) is 18.2 Å². The van der Waals surface area contributed by atoms with E-state index < -0.39 is 0 Å². The average molecular weight is 295 g/mol. The minimum Gasteiger partial charge on any atom is -0.352 e. The zero-order valence-corrected chi connectivity index (χ0v) is 12.5. The van der Waals surface area contributed by atoms with Crippen LogP contribution in [0.2, 0.25) is 5.02 Å². The van der Waals surface area contributed by atoms with Gasteiger partial charge >= 0.3 is 0 Å². The number of carbonyl (C=O) groups is 2. The maximum Gasteiger partial charge on any atom is 0.225 e. The minimum atomic E-state index is -0.244. The van der Waals surface area contributed by atoms with Gasteiger partial charge in [-0.25, -0.2) is 0 Å². The lowest BCUT2D eigenvalue weighted by Crippen LogP contribution is -2.32. The summed E-state index contributed by atoms with van der Waals surface area (Å²) < 4.78 is 0. The Kier molecular flexibility index (Phi) is 4.65. The zero-order valence-electron chi connectivity index (χ0n) is 11.8. The summed E-state index contributed by atoms with van der Waals surface area (Å²) in [6.45, 7) is 5.46. The molecule has 1 atom stereocenters. The van der Waals surface area contributed by atoms with Crippen LogP contribution in [0.3, 0.4) is 0 Å². The molecule has 0 radical (unpaired) electrons. The van der Waals surface area contributed by atoms with Crippen molar-refractivity contribution in [1.82, 2.24) is 10.2 Å². The van der Waals surface area contributed by atoms with Crippen LogP contribution in [0, 0.1) is 12.8 Å². The molecule has 1 aliphatic heterocycles. The smallest absolute Gasteiger partial charge is 0.225 e. The van der Waals surface area contributed by atoms with Crippen LogP contribution in [0.1, 0.15) is 24.5 Å². The molecule has 1 aliphatic rings. The fraction of sp³-hybridized carbons (Fsp3) is 0.467. The van der Waals surface area contributed by atoms with Crippen molar-refractivity contribution in [3.8, 4) is 0 Å². The molecular formula is C15H19ClN2O2. The molecule has 0 bridgehead atoms. The second kappa shape index (κ2) is 6.27. The third-order valence-corrected chi connectivity index (χ3v) is 3.98. The van der Waals surface area contributed by atoms with Gasteiger partial charge in [-0.05, 0) is 31.0 Å². The van der Waals surface area contributed by atoms with Crippen LogP contribution in [-0.4, -0.2) is 29.8 Å². The van der Waals surface area contributed by atoms with Gasteiger partial charge in [0.05, 0.1) is 5.92 Å². The van der Waals surface area contributed by atoms with Crippen molar-refractivity contribution in [3.63, 3.8) is 0 Å². The van der Waals surface area contributed by atoms with E-state index >= 15 is 0 Å². The molecule has 1 aromatic rings. The molecule has 1 saturated heterocycles. The normalized spacial score (nSPS) is 18.4. The summed E-state index contributed by atoms with van der Waals surface area (Å²) in [6, 6.07) is 5.75. The standard InChI is InChI=1S/C15H19ClN2O2/c1-3-18-9-12(7-14(18)19)15(20)17-8-11-5-4-10(2)6-13(11)16/h4-6,12H,3,7-9H2,1-2H3,(H,17,20). The van der Waals surface area contributed by atoms with Crippen molar-refractivity contribution >= 4 is 23.4 Å². The summed E-state index contributed by atoms with van der Waals surface area (Å²) in [6.07, 6.45) is 0.307. The molecule has 20 heavy (non-hydrogen) atoms. The second-order valence-electron chi connectivity index (χ2n) is 5.15. The molecule has 2 rings (SSSR count). The zero-order chi connectivity index (χ0) is 14.7. The predicted molar refractivity (Wildman–Crippen MR) is 78.4 cm³/mol. The van der Waals surface area contributed by atoms with Crippen LogP contribution in [-0.2, 0) is 16.1 Å². The molecule has 5 heteroatoms. The van der Waals surface area contributed by atoms with Crippen molar-refractivity contribution in [2.75, 3.05) is 13.1 Å². The molecule has 1 heterocycles. The molecule has 0 spiro atoms. The highest BCUT2D eigenvalue weighted by Crippen LogP contribution is 2.19. The summed E-state index contributed by atoms with van der Waals surface area (Å²) in [5.74, 6) is -0.265. The first-order valence-electron chi connectivity index (χ1n) is 6.81. The summed E-state index contributed by atoms with van der Waals surface area (Å²) in [5, 5.41) is 3.52. The predicted octanol–water partition coefficient (Wildman–Crippen LogP) is 2.13. The van der Waals surface area contributed by atoms with E-state index in [1.165, 1.54) is 0 Å². The number of halogens is 1. The van der Waals surface area contributed by atoms with E-state index in [2.05, 4.69) is 5.32 Å². The highest BCUT2D eigenvalue weighted by atomic mass is 35.5. The van der Waals surface area contributed by atoms with Gasteiger partial charge in [0, 0.05) is 31.1 Å². The Hall–Kier alpha value is -1.55. The van der Waals surface area contributed by atoms with Gasteiger partial charge in [0.15, 0.2) is 0 Å². The van der Waals surface area contributed by atoms with Crippen molar-refractivity contribution in [2.45, 2.75) is 26.8 Å². The Morgan fingerprint density at radius 2 is 2.25 bits per heavy atom. The highest BCUT2D eigenvalue weighted by molar-refractivity contribution is 6.31. The van der Waals surface area contributed by atoms with Gasteiger partial charge in [-0.3, -0.25) is 9.59 Å². The van der Waals surface area contributed by atoms with Crippen LogP contribution >= 0.6 is 11.6 Å². The third-order valence-electron chi connectivity index (χ3n) is 3.63. The molecule has 108 valence electrons. The van der Waals surface area contributed by atoms with E-state index in [1.54, 1.807) is 4.90 Å². The van der Waals surface area contributed by atoms with Gasteiger partial charge in [-0.2, -0.15) is 0 Å². The Morgan fingerprint density at radius 3 is 2.85 bits per heavy atom. The Balaban J connectivity index is 1.91. The number of likely N-dealkylation sites (tertiary alicyclic amines) is 1. The third kappa shape index (κ3) is 3.31. The summed E-state index contributed by atoms with van der Waals surface area (Å²) in [4.78, 5) is 25.4. The van der Waals surface area contributed by atoms with Crippen LogP contribution in [0.4, 0.5) is 0 Å². The van der Waals surface area contributed by atoms with E-state index in [-0.39, 0.29) is 17.7 Å². The maximum absolute atomic E-state index is 12.1. The SMILES string of the molecule is CCN1CC(C(=O)NCc2ccc(C)cc2Cl)CC1=O. The number of amides is 2. The van der Waals surface area contributed by atoms with Gasteiger partial charge in [0.2, 0.25) is 11.8 Å². The highest BCUT2D eigenvalue weighted by Gasteiger charge is 2.33. The number of carbonyl (C=O) groups excluding carboxylic acids is 2. The molecule has 1 unspecified atom stereocenters. The number of benzene rings is 1. The van der Waals surface area contributed by atoms with Crippen molar-refractivity contribution in [1.29, 1.82) is 0 Å². The quantitative estimate of drug-likeness (QED) is 0.925. The van der Waals surface area contributed by atoms with Crippen molar-refractivity contribution < 1.29 is 9.59 Å². The van der Waals surface area contributed by atoms with Crippen LogP contribution in [0.25, 0.3) is 0 Å². The number of hydrogen-bond acceptors (Lipinski definition) is 2. The summed E-state index contributed by atoms with van der Waals surface area (Å²) >= 11 is 6.13. The van der Waals surface area contributed by atoms with Gasteiger partial charge in [0.1, 0.15) is 0 Å². The molecule has 4 nitrogen and oxygen atoms in total. The first-order valence-corrected chi connectivity index (χ1v) is 7.19. The topological polar surface area (TPSA) is 49.4 Å². The molecule has 0 aliphatic carbocycles. The number of hydrogen-bond donors (Lipinski definition) is 1. The first kappa shape index (κ1) is 14.9. The van der Waals surface area contributed by atoms with E-state index in [0.717, 1.165) is 11.1 Å². The Bertz CT molecular complexity index is 531. The Morgan fingerprint density at radius 1 is 1.50 bits per heavy atom. The van der Waals surface area contributed by atoms with Gasteiger partial charge < -0.3 is 10.2 Å². The van der Waals surface area contributed by atoms with E-state index in [0.29, 0.717) is 31.1 Å². The second-order valence-corrected chi connectivity index (χ2v) is 5.55. The largest absolute Gasteiger partial charge is 0.352 e. The lowest BCUT2D eigenvalue weighted by molar-refractivity contribution is -0.128.